The molecule has 0 N–H and O–H groups in total. The average molecular weight is 316 g/mol. The van der Waals surface area contributed by atoms with Gasteiger partial charge < -0.3 is 14.7 Å². The molecule has 5 nitrogen and oxygen atoms in total. The molecule has 1 amide bonds. The van der Waals surface area contributed by atoms with E-state index in [0.717, 1.165) is 52.4 Å². The number of hydrogen-bond donors (Lipinski definition) is 0. The van der Waals surface area contributed by atoms with Crippen LogP contribution in [0.1, 0.15) is 6.92 Å². The van der Waals surface area contributed by atoms with Gasteiger partial charge in [0.15, 0.2) is 0 Å². The summed E-state index contributed by atoms with van der Waals surface area (Å²) in [4.78, 5) is 21.8. The molecule has 0 aromatic heterocycles. The van der Waals surface area contributed by atoms with Crippen molar-refractivity contribution >= 4 is 11.6 Å². The third kappa shape index (κ3) is 3.85. The Morgan fingerprint density at radius 3 is 2.13 bits per heavy atom. The lowest BCUT2D eigenvalue weighted by molar-refractivity contribution is -0.138. The second-order valence-corrected chi connectivity index (χ2v) is 6.66. The van der Waals surface area contributed by atoms with Gasteiger partial charge in [-0.1, -0.05) is 18.2 Å². The van der Waals surface area contributed by atoms with Crippen molar-refractivity contribution in [3.05, 3.63) is 30.3 Å². The molecule has 2 aliphatic rings. The number of piperazine rings is 2. The van der Waals surface area contributed by atoms with Gasteiger partial charge >= 0.3 is 0 Å². The van der Waals surface area contributed by atoms with Crippen molar-refractivity contribution in [1.82, 2.24) is 14.7 Å². The number of amides is 1. The van der Waals surface area contributed by atoms with Gasteiger partial charge in [-0.3, -0.25) is 9.69 Å². The van der Waals surface area contributed by atoms with Crippen LogP contribution >= 0.6 is 0 Å². The Bertz CT molecular complexity index is 505. The second-order valence-electron chi connectivity index (χ2n) is 6.66. The molecule has 126 valence electrons. The van der Waals surface area contributed by atoms with E-state index < -0.39 is 0 Å². The van der Waals surface area contributed by atoms with Crippen molar-refractivity contribution in [2.75, 3.05) is 64.3 Å². The summed E-state index contributed by atoms with van der Waals surface area (Å²) in [5.74, 6) is 0.297. The van der Waals surface area contributed by atoms with Crippen LogP contribution in [-0.2, 0) is 4.79 Å². The molecular weight excluding hydrogens is 288 g/mol. The number of carbonyl (C=O) groups excluding carboxylic acids is 1. The van der Waals surface area contributed by atoms with Gasteiger partial charge in [0.05, 0.1) is 6.04 Å². The van der Waals surface area contributed by atoms with Crippen LogP contribution in [0.3, 0.4) is 0 Å². The zero-order chi connectivity index (χ0) is 16.2. The van der Waals surface area contributed by atoms with Crippen molar-refractivity contribution < 1.29 is 4.79 Å². The van der Waals surface area contributed by atoms with E-state index in [2.05, 4.69) is 59.0 Å². The van der Waals surface area contributed by atoms with Crippen LogP contribution in [0.15, 0.2) is 30.3 Å². The van der Waals surface area contributed by atoms with Gasteiger partial charge in [-0.05, 0) is 26.1 Å². The summed E-state index contributed by atoms with van der Waals surface area (Å²) < 4.78 is 0. The molecule has 5 heteroatoms. The molecule has 2 saturated heterocycles. The largest absolute Gasteiger partial charge is 0.369 e. The fourth-order valence-corrected chi connectivity index (χ4v) is 3.45. The maximum atomic E-state index is 12.7. The highest BCUT2D eigenvalue weighted by Crippen LogP contribution is 2.17. The molecule has 23 heavy (non-hydrogen) atoms. The van der Waals surface area contributed by atoms with Gasteiger partial charge in [0, 0.05) is 58.0 Å². The lowest BCUT2D eigenvalue weighted by Crippen LogP contribution is -2.57. The molecule has 1 aromatic carbocycles. The van der Waals surface area contributed by atoms with Crippen molar-refractivity contribution in [2.45, 2.75) is 13.0 Å². The minimum atomic E-state index is -0.00340. The molecule has 3 rings (SSSR count). The van der Waals surface area contributed by atoms with Crippen LogP contribution in [0.4, 0.5) is 5.69 Å². The molecule has 2 heterocycles. The third-order valence-corrected chi connectivity index (χ3v) is 5.16. The molecule has 1 aromatic rings. The Morgan fingerprint density at radius 2 is 1.52 bits per heavy atom. The first-order valence-corrected chi connectivity index (χ1v) is 8.66. The van der Waals surface area contributed by atoms with Gasteiger partial charge in [0.25, 0.3) is 0 Å². The van der Waals surface area contributed by atoms with Crippen LogP contribution in [0.2, 0.25) is 0 Å². The first kappa shape index (κ1) is 16.3. The minimum Gasteiger partial charge on any atom is -0.369 e. The Hall–Kier alpha value is -1.59. The topological polar surface area (TPSA) is 30.0 Å². The smallest absolute Gasteiger partial charge is 0.239 e. The van der Waals surface area contributed by atoms with Gasteiger partial charge in [0.1, 0.15) is 0 Å². The van der Waals surface area contributed by atoms with Gasteiger partial charge in [-0.2, -0.15) is 0 Å². The second kappa shape index (κ2) is 7.32. The minimum absolute atomic E-state index is 0.00340. The molecule has 0 bridgehead atoms. The van der Waals surface area contributed by atoms with Crippen LogP contribution in [0, 0.1) is 0 Å². The van der Waals surface area contributed by atoms with Gasteiger partial charge in [-0.25, -0.2) is 0 Å². The normalized spacial score (nSPS) is 22.2. The summed E-state index contributed by atoms with van der Waals surface area (Å²) >= 11 is 0. The molecule has 2 aliphatic heterocycles. The van der Waals surface area contributed by atoms with Crippen molar-refractivity contribution in [1.29, 1.82) is 0 Å². The molecule has 1 unspecified atom stereocenters. The molecule has 0 spiro atoms. The highest BCUT2D eigenvalue weighted by atomic mass is 16.2. The van der Waals surface area contributed by atoms with Crippen LogP contribution in [0.5, 0.6) is 0 Å². The van der Waals surface area contributed by atoms with Crippen LogP contribution < -0.4 is 4.90 Å². The van der Waals surface area contributed by atoms with Crippen molar-refractivity contribution in [3.63, 3.8) is 0 Å². The number of carbonyl (C=O) groups is 1. The summed E-state index contributed by atoms with van der Waals surface area (Å²) in [6.07, 6.45) is 0. The summed E-state index contributed by atoms with van der Waals surface area (Å²) in [6, 6.07) is 10.5. The number of benzene rings is 1. The Labute approximate surface area is 139 Å². The summed E-state index contributed by atoms with van der Waals surface area (Å²) in [5, 5.41) is 0. The number of nitrogens with zero attached hydrogens (tertiary/aromatic N) is 4. The Kier molecular flexibility index (Phi) is 5.18. The van der Waals surface area contributed by atoms with Crippen LogP contribution in [-0.4, -0.2) is 86.1 Å². The summed E-state index contributed by atoms with van der Waals surface area (Å²) in [7, 11) is 2.12. The first-order valence-electron chi connectivity index (χ1n) is 8.66. The maximum absolute atomic E-state index is 12.7. The number of para-hydroxylation sites is 1. The van der Waals surface area contributed by atoms with Crippen LogP contribution in [0.25, 0.3) is 0 Å². The monoisotopic (exact) mass is 316 g/mol. The quantitative estimate of drug-likeness (QED) is 0.831. The van der Waals surface area contributed by atoms with Gasteiger partial charge in [-0.15, -0.1) is 0 Å². The van der Waals surface area contributed by atoms with Crippen molar-refractivity contribution in [2.24, 2.45) is 0 Å². The molecule has 1 atom stereocenters. The molecule has 0 aliphatic carbocycles. The molecular formula is C18H28N4O. The molecule has 0 radical (unpaired) electrons. The maximum Gasteiger partial charge on any atom is 0.239 e. The highest BCUT2D eigenvalue weighted by Gasteiger charge is 2.29. The Morgan fingerprint density at radius 1 is 0.913 bits per heavy atom. The van der Waals surface area contributed by atoms with E-state index in [9.17, 15) is 4.79 Å². The lowest BCUT2D eigenvalue weighted by atomic mass is 10.1. The fraction of sp³-hybridized carbons (Fsp3) is 0.611. The van der Waals surface area contributed by atoms with E-state index >= 15 is 0 Å². The Balaban J connectivity index is 1.52. The number of rotatable bonds is 3. The van der Waals surface area contributed by atoms with E-state index in [4.69, 9.17) is 0 Å². The average Bonchev–Trinajstić information content (AvgIpc) is 2.62. The highest BCUT2D eigenvalue weighted by molar-refractivity contribution is 5.81. The SMILES string of the molecule is CC(C(=O)N1CCN(C)CC1)N1CCN(c2ccccc2)CC1. The molecule has 2 fully saturated rings. The van der Waals surface area contributed by atoms with Gasteiger partial charge in [0.2, 0.25) is 5.91 Å². The summed E-state index contributed by atoms with van der Waals surface area (Å²) in [6.45, 7) is 9.66. The first-order chi connectivity index (χ1) is 11.1. The zero-order valence-electron chi connectivity index (χ0n) is 14.3. The zero-order valence-corrected chi connectivity index (χ0v) is 14.3. The van der Waals surface area contributed by atoms with E-state index in [1.165, 1.54) is 5.69 Å². The molecule has 0 saturated carbocycles. The number of anilines is 1. The fourth-order valence-electron chi connectivity index (χ4n) is 3.45. The number of likely N-dealkylation sites (N-methyl/N-ethyl adjacent to an activating group) is 1. The van der Waals surface area contributed by atoms with Crippen molar-refractivity contribution in [3.8, 4) is 0 Å². The lowest BCUT2D eigenvalue weighted by Gasteiger charge is -2.41. The number of hydrogen-bond acceptors (Lipinski definition) is 4. The van der Waals surface area contributed by atoms with E-state index in [1.807, 2.05) is 4.90 Å². The summed E-state index contributed by atoms with van der Waals surface area (Å²) in [5.41, 5.74) is 1.28. The van der Waals surface area contributed by atoms with E-state index in [0.29, 0.717) is 5.91 Å². The third-order valence-electron chi connectivity index (χ3n) is 5.16. The van der Waals surface area contributed by atoms with E-state index in [1.54, 1.807) is 0 Å². The predicted molar refractivity (Wildman–Crippen MR) is 93.8 cm³/mol. The standard InChI is InChI=1S/C18H28N4O/c1-16(18(23)22-10-8-19(2)9-11-22)20-12-14-21(15-13-20)17-6-4-3-5-7-17/h3-7,16H,8-15H2,1-2H3. The van der Waals surface area contributed by atoms with E-state index in [-0.39, 0.29) is 6.04 Å². The predicted octanol–water partition coefficient (Wildman–Crippen LogP) is 0.971.